The number of pyridine rings is 1. The van der Waals surface area contributed by atoms with Crippen LogP contribution < -0.4 is 0 Å². The summed E-state index contributed by atoms with van der Waals surface area (Å²) in [5.74, 6) is -0.924. The summed E-state index contributed by atoms with van der Waals surface area (Å²) in [6.45, 7) is 2.03. The Hall–Kier alpha value is -4.25. The molecule has 5 nitrogen and oxygen atoms in total. The van der Waals surface area contributed by atoms with E-state index < -0.39 is 5.97 Å². The minimum atomic E-state index is -0.924. The van der Waals surface area contributed by atoms with Crippen LogP contribution in [-0.4, -0.2) is 27.0 Å². The molecule has 4 aromatic rings. The Kier molecular flexibility index (Phi) is 7.13. The first kappa shape index (κ1) is 22.9. The van der Waals surface area contributed by atoms with Gasteiger partial charge in [-0.3, -0.25) is 4.98 Å². The van der Waals surface area contributed by atoms with Gasteiger partial charge in [0.25, 0.3) is 0 Å². The van der Waals surface area contributed by atoms with Crippen molar-refractivity contribution in [2.75, 3.05) is 0 Å². The van der Waals surface area contributed by atoms with Gasteiger partial charge in [0.1, 0.15) is 0 Å². The molecule has 0 radical (unpaired) electrons. The zero-order valence-electron chi connectivity index (χ0n) is 19.0. The van der Waals surface area contributed by atoms with E-state index in [4.69, 9.17) is 5.11 Å². The van der Waals surface area contributed by atoms with Crippen molar-refractivity contribution in [1.82, 2.24) is 4.98 Å². The van der Waals surface area contributed by atoms with Crippen LogP contribution in [0.5, 0.6) is 0 Å². The van der Waals surface area contributed by atoms with E-state index >= 15 is 0 Å². The van der Waals surface area contributed by atoms with Gasteiger partial charge in [-0.05, 0) is 83.8 Å². The molecule has 3 aromatic carbocycles. The summed E-state index contributed by atoms with van der Waals surface area (Å²) in [6, 6.07) is 25.3. The second kappa shape index (κ2) is 10.6. The predicted octanol–water partition coefficient (Wildman–Crippen LogP) is 6.62. The smallest absolute Gasteiger partial charge is 0.335 e. The summed E-state index contributed by atoms with van der Waals surface area (Å²) in [5.41, 5.74) is 8.44. The van der Waals surface area contributed by atoms with Crippen LogP contribution in [0.15, 0.2) is 96.4 Å². The summed E-state index contributed by atoms with van der Waals surface area (Å²) in [4.78, 5) is 15.1. The van der Waals surface area contributed by atoms with Crippen LogP contribution >= 0.6 is 0 Å². The van der Waals surface area contributed by atoms with Gasteiger partial charge in [-0.25, -0.2) is 4.79 Å². The number of aromatic nitrogens is 1. The van der Waals surface area contributed by atoms with Crippen LogP contribution in [0.3, 0.4) is 0 Å². The molecule has 2 N–H and O–H groups in total. The van der Waals surface area contributed by atoms with E-state index in [0.717, 1.165) is 46.2 Å². The Morgan fingerprint density at radius 2 is 1.41 bits per heavy atom. The van der Waals surface area contributed by atoms with Gasteiger partial charge in [0.15, 0.2) is 0 Å². The van der Waals surface area contributed by atoms with E-state index in [2.05, 4.69) is 28.3 Å². The zero-order chi connectivity index (χ0) is 23.9. The maximum Gasteiger partial charge on any atom is 0.335 e. The van der Waals surface area contributed by atoms with E-state index in [1.165, 1.54) is 5.56 Å². The molecule has 0 bridgehead atoms. The first-order chi connectivity index (χ1) is 16.5. The fourth-order valence-corrected chi connectivity index (χ4v) is 4.08. The summed E-state index contributed by atoms with van der Waals surface area (Å²) in [6.07, 6.45) is 5.95. The van der Waals surface area contributed by atoms with Crippen LogP contribution in [-0.2, 0) is 6.42 Å². The van der Waals surface area contributed by atoms with Crippen molar-refractivity contribution in [2.45, 2.75) is 26.2 Å². The number of aromatic carboxylic acids is 1. The third-order valence-electron chi connectivity index (χ3n) is 5.97. The van der Waals surface area contributed by atoms with Crippen molar-refractivity contribution in [1.29, 1.82) is 0 Å². The van der Waals surface area contributed by atoms with Crippen molar-refractivity contribution in [3.63, 3.8) is 0 Å². The van der Waals surface area contributed by atoms with Crippen molar-refractivity contribution in [2.24, 2.45) is 5.16 Å². The van der Waals surface area contributed by atoms with Gasteiger partial charge < -0.3 is 10.3 Å². The molecular formula is C29H26N2O3. The number of rotatable bonds is 8. The number of hydrogen-bond donors (Lipinski definition) is 2. The van der Waals surface area contributed by atoms with E-state index in [1.54, 1.807) is 24.5 Å². The van der Waals surface area contributed by atoms with E-state index in [9.17, 15) is 10.0 Å². The highest BCUT2D eigenvalue weighted by Gasteiger charge is 2.10. The Labute approximate surface area is 199 Å². The largest absolute Gasteiger partial charge is 0.478 e. The SMILES string of the molecule is Cc1cc(-c2ccncc2)ccc1C(CCCc1ccc(-c2ccc(C(=O)O)cc2)cc1)=NO. The van der Waals surface area contributed by atoms with Gasteiger partial charge in [-0.15, -0.1) is 0 Å². The van der Waals surface area contributed by atoms with Gasteiger partial charge in [-0.1, -0.05) is 59.8 Å². The number of carbonyl (C=O) groups is 1. The summed E-state index contributed by atoms with van der Waals surface area (Å²) < 4.78 is 0. The van der Waals surface area contributed by atoms with Crippen molar-refractivity contribution in [3.8, 4) is 22.3 Å². The molecule has 0 spiro atoms. The number of benzene rings is 3. The highest BCUT2D eigenvalue weighted by atomic mass is 16.4. The Morgan fingerprint density at radius 1 is 0.824 bits per heavy atom. The maximum atomic E-state index is 11.0. The average molecular weight is 451 g/mol. The molecule has 34 heavy (non-hydrogen) atoms. The quantitative estimate of drug-likeness (QED) is 0.179. The van der Waals surface area contributed by atoms with E-state index in [1.807, 2.05) is 55.5 Å². The summed E-state index contributed by atoms with van der Waals surface area (Å²) in [7, 11) is 0. The third-order valence-corrected chi connectivity index (χ3v) is 5.97. The number of carboxylic acid groups (broad SMARTS) is 1. The number of oxime groups is 1. The number of carboxylic acids is 1. The van der Waals surface area contributed by atoms with Gasteiger partial charge in [0, 0.05) is 18.0 Å². The Morgan fingerprint density at radius 3 is 2.00 bits per heavy atom. The summed E-state index contributed by atoms with van der Waals surface area (Å²) >= 11 is 0. The Balaban J connectivity index is 1.37. The molecule has 0 saturated carbocycles. The van der Waals surface area contributed by atoms with E-state index in [0.29, 0.717) is 12.1 Å². The molecule has 0 aliphatic carbocycles. The van der Waals surface area contributed by atoms with Crippen molar-refractivity contribution >= 4 is 11.7 Å². The normalized spacial score (nSPS) is 11.4. The lowest BCUT2D eigenvalue weighted by Crippen LogP contribution is -2.05. The molecule has 0 atom stereocenters. The number of hydrogen-bond acceptors (Lipinski definition) is 4. The fraction of sp³-hybridized carbons (Fsp3) is 0.138. The fourth-order valence-electron chi connectivity index (χ4n) is 4.08. The highest BCUT2D eigenvalue weighted by molar-refractivity contribution is 6.01. The van der Waals surface area contributed by atoms with Gasteiger partial charge in [0.2, 0.25) is 0 Å². The molecule has 1 aromatic heterocycles. The molecule has 1 heterocycles. The topological polar surface area (TPSA) is 82.8 Å². The van der Waals surface area contributed by atoms with Crippen molar-refractivity contribution < 1.29 is 15.1 Å². The van der Waals surface area contributed by atoms with Crippen LogP contribution in [0.1, 0.15) is 39.9 Å². The second-order valence-corrected chi connectivity index (χ2v) is 8.25. The zero-order valence-corrected chi connectivity index (χ0v) is 19.0. The molecule has 0 fully saturated rings. The average Bonchev–Trinajstić information content (AvgIpc) is 2.88. The standard InChI is InChI=1S/C29H26N2O3/c1-20-19-26(24-15-17-30-18-16-24)13-14-27(20)28(31-34)4-2-3-21-5-7-22(8-6-21)23-9-11-25(12-10-23)29(32)33/h5-19,34H,2-4H2,1H3,(H,32,33). The van der Waals surface area contributed by atoms with Gasteiger partial charge in [0.05, 0.1) is 11.3 Å². The van der Waals surface area contributed by atoms with Crippen LogP contribution in [0.25, 0.3) is 22.3 Å². The van der Waals surface area contributed by atoms with Gasteiger partial charge in [-0.2, -0.15) is 0 Å². The molecule has 4 rings (SSSR count). The van der Waals surface area contributed by atoms with E-state index in [-0.39, 0.29) is 5.56 Å². The summed E-state index contributed by atoms with van der Waals surface area (Å²) in [5, 5.41) is 22.3. The molecule has 0 saturated heterocycles. The minimum Gasteiger partial charge on any atom is -0.478 e. The minimum absolute atomic E-state index is 0.281. The lowest BCUT2D eigenvalue weighted by Gasteiger charge is -2.11. The second-order valence-electron chi connectivity index (χ2n) is 8.25. The Bertz CT molecular complexity index is 1300. The number of aryl methyl sites for hydroxylation is 2. The highest BCUT2D eigenvalue weighted by Crippen LogP contribution is 2.24. The first-order valence-corrected chi connectivity index (χ1v) is 11.2. The van der Waals surface area contributed by atoms with Gasteiger partial charge >= 0.3 is 5.97 Å². The molecule has 0 aliphatic heterocycles. The molecule has 0 unspecified atom stereocenters. The molecule has 0 aliphatic rings. The maximum absolute atomic E-state index is 11.0. The van der Waals surface area contributed by atoms with Crippen LogP contribution in [0.2, 0.25) is 0 Å². The predicted molar refractivity (Wildman–Crippen MR) is 135 cm³/mol. The molecule has 170 valence electrons. The van der Waals surface area contributed by atoms with Crippen molar-refractivity contribution in [3.05, 3.63) is 114 Å². The monoisotopic (exact) mass is 450 g/mol. The number of nitrogens with zero attached hydrogens (tertiary/aromatic N) is 2. The lowest BCUT2D eigenvalue weighted by molar-refractivity contribution is 0.0697. The van der Waals surface area contributed by atoms with Crippen LogP contribution in [0.4, 0.5) is 0 Å². The molecular weight excluding hydrogens is 424 g/mol. The van der Waals surface area contributed by atoms with Crippen LogP contribution in [0, 0.1) is 6.92 Å². The third kappa shape index (κ3) is 5.38. The lowest BCUT2D eigenvalue weighted by atomic mass is 9.95. The first-order valence-electron chi connectivity index (χ1n) is 11.2. The molecule has 0 amide bonds. The molecule has 5 heteroatoms.